The molecule has 134 valence electrons. The van der Waals surface area contributed by atoms with Crippen molar-refractivity contribution in [3.05, 3.63) is 0 Å². The molecule has 7 heteroatoms. The lowest BCUT2D eigenvalue weighted by molar-refractivity contribution is -0.151. The normalized spacial score (nSPS) is 23.9. The van der Waals surface area contributed by atoms with Crippen LogP contribution < -0.4 is 0 Å². The zero-order chi connectivity index (χ0) is 17.1. The quantitative estimate of drug-likeness (QED) is 0.756. The van der Waals surface area contributed by atoms with E-state index in [4.69, 9.17) is 4.74 Å². The largest absolute Gasteiger partial charge is 0.377 e. The van der Waals surface area contributed by atoms with Crippen molar-refractivity contribution in [2.45, 2.75) is 52.0 Å². The van der Waals surface area contributed by atoms with Crippen LogP contribution in [0.5, 0.6) is 0 Å². The highest BCUT2D eigenvalue weighted by atomic mass is 32.2. The predicted molar refractivity (Wildman–Crippen MR) is 89.6 cm³/mol. The van der Waals surface area contributed by atoms with E-state index in [0.29, 0.717) is 52.1 Å². The molecule has 0 radical (unpaired) electrons. The first-order chi connectivity index (χ1) is 10.8. The first-order valence-corrected chi connectivity index (χ1v) is 10.3. The van der Waals surface area contributed by atoms with Gasteiger partial charge in [0.2, 0.25) is 15.9 Å². The van der Waals surface area contributed by atoms with Gasteiger partial charge in [0, 0.05) is 25.6 Å². The molecule has 2 aliphatic rings. The number of ether oxygens (including phenoxy) is 1. The molecule has 2 aliphatic heterocycles. The van der Waals surface area contributed by atoms with Gasteiger partial charge < -0.3 is 9.64 Å². The fourth-order valence-corrected chi connectivity index (χ4v) is 5.00. The fraction of sp³-hybridized carbons (Fsp3) is 0.938. The molecule has 0 saturated carbocycles. The first kappa shape index (κ1) is 18.7. The molecule has 0 N–H and O–H groups in total. The van der Waals surface area contributed by atoms with Gasteiger partial charge in [-0.1, -0.05) is 13.3 Å². The second-order valence-corrected chi connectivity index (χ2v) is 9.29. The smallest absolute Gasteiger partial charge is 0.226 e. The lowest BCUT2D eigenvalue weighted by Crippen LogP contribution is -2.58. The summed E-state index contributed by atoms with van der Waals surface area (Å²) >= 11 is 0. The Hall–Kier alpha value is -0.660. The van der Waals surface area contributed by atoms with Gasteiger partial charge in [0.15, 0.2) is 0 Å². The van der Waals surface area contributed by atoms with Crippen molar-refractivity contribution in [2.24, 2.45) is 5.92 Å². The van der Waals surface area contributed by atoms with Crippen molar-refractivity contribution >= 4 is 15.9 Å². The van der Waals surface area contributed by atoms with Gasteiger partial charge in [-0.15, -0.1) is 0 Å². The molecule has 2 saturated heterocycles. The van der Waals surface area contributed by atoms with Crippen molar-refractivity contribution in [2.75, 3.05) is 38.6 Å². The number of hydrogen-bond donors (Lipinski definition) is 0. The maximum absolute atomic E-state index is 12.8. The zero-order valence-corrected chi connectivity index (χ0v) is 15.4. The van der Waals surface area contributed by atoms with Gasteiger partial charge in [-0.25, -0.2) is 12.7 Å². The van der Waals surface area contributed by atoms with Crippen LogP contribution in [0.2, 0.25) is 0 Å². The number of hydrogen-bond acceptors (Lipinski definition) is 4. The standard InChI is InChI=1S/C16H30N2O4S/c1-4-5-12-23(20,21)17-8-6-14(7-9-17)15(19)18-10-11-22-13-16(18,2)3/h14H,4-13H2,1-3H3. The monoisotopic (exact) mass is 346 g/mol. The molecule has 6 nitrogen and oxygen atoms in total. The van der Waals surface area contributed by atoms with E-state index >= 15 is 0 Å². The van der Waals surface area contributed by atoms with Gasteiger partial charge in [-0.3, -0.25) is 4.79 Å². The van der Waals surface area contributed by atoms with E-state index in [0.717, 1.165) is 6.42 Å². The van der Waals surface area contributed by atoms with Gasteiger partial charge in [0.1, 0.15) is 0 Å². The lowest BCUT2D eigenvalue weighted by atomic mass is 9.93. The molecule has 0 atom stereocenters. The summed E-state index contributed by atoms with van der Waals surface area (Å²) in [5.41, 5.74) is -0.278. The maximum Gasteiger partial charge on any atom is 0.226 e. The fourth-order valence-electron chi connectivity index (χ4n) is 3.32. The summed E-state index contributed by atoms with van der Waals surface area (Å²) in [6, 6.07) is 0. The number of piperidine rings is 1. The van der Waals surface area contributed by atoms with Gasteiger partial charge >= 0.3 is 0 Å². The van der Waals surface area contributed by atoms with Gasteiger partial charge in [-0.2, -0.15) is 0 Å². The first-order valence-electron chi connectivity index (χ1n) is 8.65. The minimum atomic E-state index is -3.15. The average molecular weight is 346 g/mol. The third kappa shape index (κ3) is 4.45. The summed E-state index contributed by atoms with van der Waals surface area (Å²) in [7, 11) is -3.15. The number of carbonyl (C=O) groups is 1. The molecular formula is C16H30N2O4S. The van der Waals surface area contributed by atoms with Crippen LogP contribution in [0.15, 0.2) is 0 Å². The van der Waals surface area contributed by atoms with Crippen molar-refractivity contribution in [1.82, 2.24) is 9.21 Å². The number of carbonyl (C=O) groups excluding carboxylic acids is 1. The number of amides is 1. The highest BCUT2D eigenvalue weighted by molar-refractivity contribution is 7.89. The highest BCUT2D eigenvalue weighted by Gasteiger charge is 2.39. The molecule has 2 fully saturated rings. The lowest BCUT2D eigenvalue weighted by Gasteiger charge is -2.44. The minimum Gasteiger partial charge on any atom is -0.377 e. The summed E-state index contributed by atoms with van der Waals surface area (Å²) in [6.45, 7) is 8.73. The Kier molecular flexibility index (Phi) is 6.08. The Morgan fingerprint density at radius 3 is 2.43 bits per heavy atom. The van der Waals surface area contributed by atoms with E-state index in [2.05, 4.69) is 0 Å². The van der Waals surface area contributed by atoms with Crippen molar-refractivity contribution < 1.29 is 17.9 Å². The third-order valence-corrected chi connectivity index (χ3v) is 6.82. The SMILES string of the molecule is CCCCS(=O)(=O)N1CCC(C(=O)N2CCOCC2(C)C)CC1. The number of unbranched alkanes of at least 4 members (excludes halogenated alkanes) is 1. The van der Waals surface area contributed by atoms with E-state index in [1.807, 2.05) is 25.7 Å². The van der Waals surface area contributed by atoms with Crippen LogP contribution in [0.4, 0.5) is 0 Å². The molecule has 2 rings (SSSR count). The van der Waals surface area contributed by atoms with Crippen molar-refractivity contribution in [1.29, 1.82) is 0 Å². The van der Waals surface area contributed by atoms with Crippen LogP contribution in [0.25, 0.3) is 0 Å². The van der Waals surface area contributed by atoms with E-state index in [1.165, 1.54) is 0 Å². The summed E-state index contributed by atoms with van der Waals surface area (Å²) in [5.74, 6) is 0.312. The van der Waals surface area contributed by atoms with Crippen LogP contribution in [0, 0.1) is 5.92 Å². The summed E-state index contributed by atoms with van der Waals surface area (Å²) in [5, 5.41) is 0. The van der Waals surface area contributed by atoms with E-state index < -0.39 is 10.0 Å². The summed E-state index contributed by atoms with van der Waals surface area (Å²) in [4.78, 5) is 14.7. The molecule has 23 heavy (non-hydrogen) atoms. The molecule has 0 aromatic rings. The molecule has 2 heterocycles. The average Bonchev–Trinajstić information content (AvgIpc) is 2.52. The van der Waals surface area contributed by atoms with Gasteiger partial charge in [-0.05, 0) is 33.1 Å². The maximum atomic E-state index is 12.8. The van der Waals surface area contributed by atoms with Crippen molar-refractivity contribution in [3.8, 4) is 0 Å². The number of morpholine rings is 1. The molecule has 0 spiro atoms. The topological polar surface area (TPSA) is 66.9 Å². The summed E-state index contributed by atoms with van der Waals surface area (Å²) < 4.78 is 31.5. The van der Waals surface area contributed by atoms with Crippen LogP contribution in [0.1, 0.15) is 46.5 Å². The van der Waals surface area contributed by atoms with E-state index in [1.54, 1.807) is 4.31 Å². The van der Waals surface area contributed by atoms with Gasteiger partial charge in [0.05, 0.1) is 24.5 Å². The van der Waals surface area contributed by atoms with Gasteiger partial charge in [0.25, 0.3) is 0 Å². The molecule has 0 aromatic carbocycles. The zero-order valence-electron chi connectivity index (χ0n) is 14.6. The second-order valence-electron chi connectivity index (χ2n) is 7.20. The van der Waals surface area contributed by atoms with Crippen molar-refractivity contribution in [3.63, 3.8) is 0 Å². The predicted octanol–water partition coefficient (Wildman–Crippen LogP) is 1.47. The third-order valence-electron chi connectivity index (χ3n) is 4.86. The molecule has 1 amide bonds. The Morgan fingerprint density at radius 1 is 1.22 bits per heavy atom. The molecule has 0 unspecified atom stereocenters. The Bertz CT molecular complexity index is 510. The van der Waals surface area contributed by atoms with E-state index in [9.17, 15) is 13.2 Å². The number of nitrogens with zero attached hydrogens (tertiary/aromatic N) is 2. The molecular weight excluding hydrogens is 316 g/mol. The molecule has 0 bridgehead atoms. The minimum absolute atomic E-state index is 0.0648. The summed E-state index contributed by atoms with van der Waals surface area (Å²) in [6.07, 6.45) is 2.82. The van der Waals surface area contributed by atoms with Crippen LogP contribution in [-0.4, -0.2) is 67.7 Å². The number of sulfonamides is 1. The Labute approximate surface area is 140 Å². The van der Waals surface area contributed by atoms with Crippen LogP contribution in [-0.2, 0) is 19.6 Å². The van der Waals surface area contributed by atoms with Crippen LogP contribution in [0.3, 0.4) is 0 Å². The highest BCUT2D eigenvalue weighted by Crippen LogP contribution is 2.27. The van der Waals surface area contributed by atoms with E-state index in [-0.39, 0.29) is 23.1 Å². The van der Waals surface area contributed by atoms with Crippen LogP contribution >= 0.6 is 0 Å². The molecule has 0 aliphatic carbocycles. The second kappa shape index (κ2) is 7.49. The Balaban J connectivity index is 1.92. The molecule has 0 aromatic heterocycles. The Morgan fingerprint density at radius 2 is 1.87 bits per heavy atom. The number of rotatable bonds is 5.